The SMILES string of the molecule is Cc1ccc(Cl)cc1NC(=O)/C(C#N)=C\Nc1cccc(S(=O)(=O)O)c1. The van der Waals surface area contributed by atoms with Crippen molar-refractivity contribution in [3.63, 3.8) is 0 Å². The molecule has 0 aromatic heterocycles. The van der Waals surface area contributed by atoms with Crippen LogP contribution in [0.4, 0.5) is 11.4 Å². The Bertz CT molecular complexity index is 1030. The number of aryl methyl sites for hydroxylation is 1. The van der Waals surface area contributed by atoms with E-state index >= 15 is 0 Å². The highest BCUT2D eigenvalue weighted by Crippen LogP contribution is 2.21. The zero-order valence-electron chi connectivity index (χ0n) is 13.5. The monoisotopic (exact) mass is 391 g/mol. The predicted octanol–water partition coefficient (Wildman–Crippen LogP) is 3.35. The molecule has 26 heavy (non-hydrogen) atoms. The summed E-state index contributed by atoms with van der Waals surface area (Å²) in [6.07, 6.45) is 1.14. The van der Waals surface area contributed by atoms with Gasteiger partial charge in [-0.2, -0.15) is 13.7 Å². The Balaban J connectivity index is 2.19. The van der Waals surface area contributed by atoms with Crippen molar-refractivity contribution < 1.29 is 17.8 Å². The van der Waals surface area contributed by atoms with Crippen molar-refractivity contribution in [2.45, 2.75) is 11.8 Å². The quantitative estimate of drug-likeness (QED) is 0.408. The summed E-state index contributed by atoms with van der Waals surface area (Å²) in [7, 11) is -4.35. The van der Waals surface area contributed by atoms with Crippen molar-refractivity contribution in [2.24, 2.45) is 0 Å². The molecular weight excluding hydrogens is 378 g/mol. The molecule has 0 heterocycles. The number of hydrogen-bond donors (Lipinski definition) is 3. The number of benzene rings is 2. The van der Waals surface area contributed by atoms with Crippen LogP contribution in [-0.2, 0) is 14.9 Å². The average Bonchev–Trinajstić information content (AvgIpc) is 2.58. The zero-order chi connectivity index (χ0) is 19.3. The largest absolute Gasteiger partial charge is 0.360 e. The Morgan fingerprint density at radius 2 is 2.00 bits per heavy atom. The number of nitriles is 1. The molecule has 0 aliphatic heterocycles. The van der Waals surface area contributed by atoms with Crippen LogP contribution >= 0.6 is 11.6 Å². The van der Waals surface area contributed by atoms with Crippen molar-refractivity contribution in [1.82, 2.24) is 0 Å². The number of carbonyl (C=O) groups is 1. The maximum atomic E-state index is 12.2. The smallest absolute Gasteiger partial charge is 0.294 e. The first-order chi connectivity index (χ1) is 12.2. The Kier molecular flexibility index (Phi) is 6.00. The Hall–Kier alpha value is -2.86. The molecule has 2 aromatic carbocycles. The summed E-state index contributed by atoms with van der Waals surface area (Å²) < 4.78 is 31.3. The molecule has 0 spiro atoms. The lowest BCUT2D eigenvalue weighted by Gasteiger charge is -2.09. The minimum Gasteiger partial charge on any atom is -0.360 e. The van der Waals surface area contributed by atoms with E-state index in [1.54, 1.807) is 31.2 Å². The maximum Gasteiger partial charge on any atom is 0.294 e. The van der Waals surface area contributed by atoms with Crippen molar-refractivity contribution >= 4 is 39.0 Å². The first-order valence-corrected chi connectivity index (χ1v) is 9.04. The molecule has 9 heteroatoms. The standard InChI is InChI=1S/C17H14ClN3O4S/c1-11-5-6-13(18)7-16(11)21-17(22)12(9-19)10-20-14-3-2-4-15(8-14)26(23,24)25/h2-8,10,20H,1H3,(H,21,22)(H,23,24,25)/b12-10-. The molecule has 134 valence electrons. The molecular formula is C17H14ClN3O4S. The molecule has 0 aliphatic carbocycles. The fourth-order valence-electron chi connectivity index (χ4n) is 1.97. The number of nitrogens with one attached hydrogen (secondary N) is 2. The lowest BCUT2D eigenvalue weighted by molar-refractivity contribution is -0.112. The van der Waals surface area contributed by atoms with Crippen LogP contribution in [0.2, 0.25) is 5.02 Å². The van der Waals surface area contributed by atoms with Gasteiger partial charge in [-0.3, -0.25) is 9.35 Å². The first kappa shape index (κ1) is 19.5. The van der Waals surface area contributed by atoms with E-state index in [-0.39, 0.29) is 16.2 Å². The second-order valence-electron chi connectivity index (χ2n) is 5.23. The lowest BCUT2D eigenvalue weighted by atomic mass is 10.2. The summed E-state index contributed by atoms with van der Waals surface area (Å²) in [6.45, 7) is 1.78. The van der Waals surface area contributed by atoms with E-state index in [2.05, 4.69) is 10.6 Å². The fraction of sp³-hybridized carbons (Fsp3) is 0.0588. The van der Waals surface area contributed by atoms with Crippen LogP contribution in [0.3, 0.4) is 0 Å². The number of nitrogens with zero attached hydrogens (tertiary/aromatic N) is 1. The van der Waals surface area contributed by atoms with Gasteiger partial charge in [0, 0.05) is 22.6 Å². The van der Waals surface area contributed by atoms with Crippen LogP contribution in [-0.4, -0.2) is 18.9 Å². The summed E-state index contributed by atoms with van der Waals surface area (Å²) in [4.78, 5) is 11.9. The van der Waals surface area contributed by atoms with Crippen LogP contribution in [0.15, 0.2) is 59.1 Å². The van der Waals surface area contributed by atoms with Crippen molar-refractivity contribution in [2.75, 3.05) is 10.6 Å². The van der Waals surface area contributed by atoms with Crippen molar-refractivity contribution in [1.29, 1.82) is 5.26 Å². The minimum absolute atomic E-state index is 0.235. The topological polar surface area (TPSA) is 119 Å². The van der Waals surface area contributed by atoms with Gasteiger partial charge in [0.1, 0.15) is 11.6 Å². The third-order valence-electron chi connectivity index (χ3n) is 3.33. The summed E-state index contributed by atoms with van der Waals surface area (Å²) >= 11 is 5.89. The van der Waals surface area contributed by atoms with Gasteiger partial charge in [-0.05, 0) is 42.8 Å². The van der Waals surface area contributed by atoms with Gasteiger partial charge in [0.05, 0.1) is 4.90 Å². The number of amides is 1. The van der Waals surface area contributed by atoms with Crippen LogP contribution in [0.5, 0.6) is 0 Å². The maximum absolute atomic E-state index is 12.2. The van der Waals surface area contributed by atoms with E-state index in [1.165, 1.54) is 24.3 Å². The number of anilines is 2. The molecule has 7 nitrogen and oxygen atoms in total. The molecule has 0 unspecified atom stereocenters. The number of halogens is 1. The third-order valence-corrected chi connectivity index (χ3v) is 4.41. The Labute approximate surface area is 155 Å². The third kappa shape index (κ3) is 5.07. The zero-order valence-corrected chi connectivity index (χ0v) is 15.1. The van der Waals surface area contributed by atoms with Crippen LogP contribution < -0.4 is 10.6 Å². The van der Waals surface area contributed by atoms with Crippen LogP contribution in [0.1, 0.15) is 5.56 Å². The molecule has 3 N–H and O–H groups in total. The molecule has 0 saturated carbocycles. The van der Waals surface area contributed by atoms with Crippen LogP contribution in [0, 0.1) is 18.3 Å². The van der Waals surface area contributed by atoms with E-state index in [4.69, 9.17) is 16.2 Å². The van der Waals surface area contributed by atoms with Gasteiger partial charge in [0.25, 0.3) is 16.0 Å². The molecule has 0 bridgehead atoms. The number of hydrogen-bond acceptors (Lipinski definition) is 5. The molecule has 0 atom stereocenters. The van der Waals surface area contributed by atoms with Gasteiger partial charge in [-0.1, -0.05) is 23.7 Å². The molecule has 0 radical (unpaired) electrons. The van der Waals surface area contributed by atoms with Gasteiger partial charge in [-0.15, -0.1) is 0 Å². The molecule has 2 rings (SSSR count). The Morgan fingerprint density at radius 3 is 2.65 bits per heavy atom. The van der Waals surface area contributed by atoms with Crippen molar-refractivity contribution in [3.8, 4) is 6.07 Å². The normalized spacial score (nSPS) is 11.5. The molecule has 0 aliphatic rings. The highest BCUT2D eigenvalue weighted by Gasteiger charge is 2.12. The molecule has 0 fully saturated rings. The van der Waals surface area contributed by atoms with E-state index in [0.717, 1.165) is 11.8 Å². The van der Waals surface area contributed by atoms with Gasteiger partial charge in [-0.25, -0.2) is 0 Å². The summed E-state index contributed by atoms with van der Waals surface area (Å²) in [5, 5.41) is 14.9. The van der Waals surface area contributed by atoms with Gasteiger partial charge in [0.15, 0.2) is 0 Å². The fourth-order valence-corrected chi connectivity index (χ4v) is 2.67. The van der Waals surface area contributed by atoms with E-state index in [9.17, 15) is 18.5 Å². The first-order valence-electron chi connectivity index (χ1n) is 7.22. The van der Waals surface area contributed by atoms with Crippen molar-refractivity contribution in [3.05, 3.63) is 64.8 Å². The second-order valence-corrected chi connectivity index (χ2v) is 7.09. The highest BCUT2D eigenvalue weighted by molar-refractivity contribution is 7.85. The van der Waals surface area contributed by atoms with E-state index in [0.29, 0.717) is 10.7 Å². The number of rotatable bonds is 5. The summed E-state index contributed by atoms with van der Waals surface area (Å²) in [5.74, 6) is -0.656. The van der Waals surface area contributed by atoms with Gasteiger partial charge >= 0.3 is 0 Å². The van der Waals surface area contributed by atoms with Gasteiger partial charge in [0.2, 0.25) is 0 Å². The summed E-state index contributed by atoms with van der Waals surface area (Å²) in [6, 6.07) is 12.0. The predicted molar refractivity (Wildman–Crippen MR) is 98.4 cm³/mol. The molecule has 1 amide bonds. The molecule has 0 saturated heterocycles. The van der Waals surface area contributed by atoms with E-state index in [1.807, 2.05) is 0 Å². The van der Waals surface area contributed by atoms with E-state index < -0.39 is 16.0 Å². The van der Waals surface area contributed by atoms with Crippen LogP contribution in [0.25, 0.3) is 0 Å². The minimum atomic E-state index is -4.35. The highest BCUT2D eigenvalue weighted by atomic mass is 35.5. The lowest BCUT2D eigenvalue weighted by Crippen LogP contribution is -2.15. The Morgan fingerprint density at radius 1 is 1.27 bits per heavy atom. The summed E-state index contributed by atoms with van der Waals surface area (Å²) in [5.41, 5.74) is 1.28. The second kappa shape index (κ2) is 8.01. The average molecular weight is 392 g/mol. The molecule has 2 aromatic rings. The number of carbonyl (C=O) groups excluding carboxylic acids is 1. The van der Waals surface area contributed by atoms with Gasteiger partial charge < -0.3 is 10.6 Å².